The van der Waals surface area contributed by atoms with Crippen molar-refractivity contribution >= 4 is 29.2 Å². The Hall–Kier alpha value is -1.59. The molecule has 1 saturated heterocycles. The van der Waals surface area contributed by atoms with E-state index in [0.717, 1.165) is 6.42 Å². The van der Waals surface area contributed by atoms with Gasteiger partial charge in [-0.1, -0.05) is 11.6 Å². The first-order valence-electron chi connectivity index (χ1n) is 5.51. The predicted octanol–water partition coefficient (Wildman–Crippen LogP) is 0.821. The zero-order valence-corrected chi connectivity index (χ0v) is 10.2. The fraction of sp³-hybridized carbons (Fsp3) is 0.333. The van der Waals surface area contributed by atoms with E-state index >= 15 is 0 Å². The Kier molecular flexibility index (Phi) is 3.84. The van der Waals surface area contributed by atoms with E-state index < -0.39 is 12.1 Å². The van der Waals surface area contributed by atoms with Crippen LogP contribution in [0.4, 0.5) is 5.69 Å². The third-order valence-electron chi connectivity index (χ3n) is 2.68. The van der Waals surface area contributed by atoms with E-state index in [1.807, 2.05) is 0 Å². The number of amides is 1. The predicted molar refractivity (Wildman–Crippen MR) is 63.4 cm³/mol. The standard InChI is InChI=1S/C12H12ClNO4/c13-7-3-4-8(12(16)17)9(6-7)14-11(15)10-2-1-5-18-10/h3-4,6,10H,1-2,5H2,(H,14,15)(H,16,17)/p-1/t10-/m0/s1. The largest absolute Gasteiger partial charge is 0.545 e. The highest BCUT2D eigenvalue weighted by atomic mass is 35.5. The average molecular weight is 269 g/mol. The molecule has 18 heavy (non-hydrogen) atoms. The van der Waals surface area contributed by atoms with Gasteiger partial charge in [0.2, 0.25) is 0 Å². The second-order valence-electron chi connectivity index (χ2n) is 3.97. The third kappa shape index (κ3) is 2.80. The lowest BCUT2D eigenvalue weighted by Crippen LogP contribution is -2.29. The van der Waals surface area contributed by atoms with Crippen LogP contribution in [0, 0.1) is 0 Å². The number of carbonyl (C=O) groups excluding carboxylic acids is 2. The van der Waals surface area contributed by atoms with Crippen molar-refractivity contribution in [3.63, 3.8) is 0 Å². The number of carboxylic acid groups (broad SMARTS) is 1. The summed E-state index contributed by atoms with van der Waals surface area (Å²) in [6.45, 7) is 0.543. The molecule has 1 aliphatic rings. The number of rotatable bonds is 3. The first-order valence-corrected chi connectivity index (χ1v) is 5.89. The maximum Gasteiger partial charge on any atom is 0.253 e. The SMILES string of the molecule is O=C([O-])c1ccc(Cl)cc1NC(=O)[C@@H]1CCCO1. The summed E-state index contributed by atoms with van der Waals surface area (Å²) in [7, 11) is 0. The lowest BCUT2D eigenvalue weighted by Gasteiger charge is -2.14. The average Bonchev–Trinajstić information content (AvgIpc) is 2.81. The highest BCUT2D eigenvalue weighted by Gasteiger charge is 2.24. The molecule has 0 bridgehead atoms. The molecule has 2 rings (SSSR count). The minimum Gasteiger partial charge on any atom is -0.545 e. The monoisotopic (exact) mass is 268 g/mol. The number of ether oxygens (including phenoxy) is 1. The quantitative estimate of drug-likeness (QED) is 0.880. The molecule has 6 heteroatoms. The van der Waals surface area contributed by atoms with Crippen LogP contribution < -0.4 is 10.4 Å². The fourth-order valence-electron chi connectivity index (χ4n) is 1.80. The Labute approximate surface area is 109 Å². The van der Waals surface area contributed by atoms with Crippen molar-refractivity contribution in [3.05, 3.63) is 28.8 Å². The topological polar surface area (TPSA) is 78.5 Å². The lowest BCUT2D eigenvalue weighted by atomic mass is 10.1. The summed E-state index contributed by atoms with van der Waals surface area (Å²) in [4.78, 5) is 22.7. The van der Waals surface area contributed by atoms with Gasteiger partial charge in [0.1, 0.15) is 6.10 Å². The zero-order valence-electron chi connectivity index (χ0n) is 9.44. The van der Waals surface area contributed by atoms with Gasteiger partial charge in [-0.25, -0.2) is 0 Å². The van der Waals surface area contributed by atoms with Crippen LogP contribution in [-0.4, -0.2) is 24.6 Å². The summed E-state index contributed by atoms with van der Waals surface area (Å²) in [5.41, 5.74) is 0.0220. The Balaban J connectivity index is 2.19. The number of halogens is 1. The maximum atomic E-state index is 11.8. The van der Waals surface area contributed by atoms with Crippen molar-refractivity contribution in [3.8, 4) is 0 Å². The molecule has 0 aromatic heterocycles. The number of carbonyl (C=O) groups is 2. The second-order valence-corrected chi connectivity index (χ2v) is 4.40. The van der Waals surface area contributed by atoms with E-state index in [9.17, 15) is 14.7 Å². The van der Waals surface area contributed by atoms with Gasteiger partial charge in [0.15, 0.2) is 0 Å². The van der Waals surface area contributed by atoms with Crippen molar-refractivity contribution in [1.82, 2.24) is 0 Å². The normalized spacial score (nSPS) is 18.6. The van der Waals surface area contributed by atoms with Gasteiger partial charge in [-0.15, -0.1) is 0 Å². The second kappa shape index (κ2) is 5.37. The van der Waals surface area contributed by atoms with E-state index in [0.29, 0.717) is 18.1 Å². The van der Waals surface area contributed by atoms with Crippen molar-refractivity contribution in [1.29, 1.82) is 0 Å². The van der Waals surface area contributed by atoms with Gasteiger partial charge in [-0.3, -0.25) is 4.79 Å². The molecule has 0 unspecified atom stereocenters. The third-order valence-corrected chi connectivity index (χ3v) is 2.92. The van der Waals surface area contributed by atoms with E-state index in [1.165, 1.54) is 18.2 Å². The Morgan fingerprint density at radius 3 is 2.83 bits per heavy atom. The molecule has 1 heterocycles. The first-order chi connectivity index (χ1) is 8.58. The van der Waals surface area contributed by atoms with Crippen molar-refractivity contribution in [2.24, 2.45) is 0 Å². The lowest BCUT2D eigenvalue weighted by molar-refractivity contribution is -0.254. The van der Waals surface area contributed by atoms with Gasteiger partial charge < -0.3 is 20.0 Å². The molecule has 5 nitrogen and oxygen atoms in total. The van der Waals surface area contributed by atoms with E-state index in [1.54, 1.807) is 0 Å². The van der Waals surface area contributed by atoms with Crippen LogP contribution in [0.5, 0.6) is 0 Å². The van der Waals surface area contributed by atoms with Gasteiger partial charge in [0.05, 0.1) is 11.7 Å². The van der Waals surface area contributed by atoms with E-state index in [-0.39, 0.29) is 17.2 Å². The minimum absolute atomic E-state index is 0.106. The van der Waals surface area contributed by atoms with Gasteiger partial charge in [-0.05, 0) is 31.0 Å². The summed E-state index contributed by atoms with van der Waals surface area (Å²) in [5.74, 6) is -1.73. The summed E-state index contributed by atoms with van der Waals surface area (Å²) >= 11 is 5.77. The number of benzene rings is 1. The van der Waals surface area contributed by atoms with Crippen LogP contribution in [-0.2, 0) is 9.53 Å². The molecule has 1 aromatic rings. The fourth-order valence-corrected chi connectivity index (χ4v) is 1.97. The smallest absolute Gasteiger partial charge is 0.253 e. The number of carboxylic acids is 1. The minimum atomic E-state index is -1.37. The number of anilines is 1. The molecule has 1 N–H and O–H groups in total. The molecular formula is C12H11ClNO4-. The maximum absolute atomic E-state index is 11.8. The molecule has 0 spiro atoms. The van der Waals surface area contributed by atoms with Gasteiger partial charge in [-0.2, -0.15) is 0 Å². The van der Waals surface area contributed by atoms with Crippen LogP contribution in [0.2, 0.25) is 5.02 Å². The molecule has 1 amide bonds. The number of hydrogen-bond acceptors (Lipinski definition) is 4. The molecular weight excluding hydrogens is 258 g/mol. The summed E-state index contributed by atoms with van der Waals surface area (Å²) in [6.07, 6.45) is 0.923. The Morgan fingerprint density at radius 1 is 1.44 bits per heavy atom. The summed E-state index contributed by atoms with van der Waals surface area (Å²) in [6, 6.07) is 4.09. The molecule has 0 aliphatic carbocycles. The first kappa shape index (κ1) is 12.9. The number of aromatic carboxylic acids is 1. The molecule has 1 fully saturated rings. The van der Waals surface area contributed by atoms with Gasteiger partial charge in [0, 0.05) is 17.2 Å². The van der Waals surface area contributed by atoms with Crippen LogP contribution >= 0.6 is 11.6 Å². The van der Waals surface area contributed by atoms with E-state index in [2.05, 4.69) is 5.32 Å². The molecule has 0 saturated carbocycles. The Morgan fingerprint density at radius 2 is 2.22 bits per heavy atom. The number of hydrogen-bond donors (Lipinski definition) is 1. The van der Waals surface area contributed by atoms with Crippen molar-refractivity contribution < 1.29 is 19.4 Å². The van der Waals surface area contributed by atoms with Crippen LogP contribution in [0.3, 0.4) is 0 Å². The Bertz CT molecular complexity index is 483. The van der Waals surface area contributed by atoms with E-state index in [4.69, 9.17) is 16.3 Å². The van der Waals surface area contributed by atoms with Crippen LogP contribution in [0.1, 0.15) is 23.2 Å². The molecule has 96 valence electrons. The van der Waals surface area contributed by atoms with Crippen LogP contribution in [0.15, 0.2) is 18.2 Å². The zero-order chi connectivity index (χ0) is 13.1. The highest BCUT2D eigenvalue weighted by Crippen LogP contribution is 2.22. The summed E-state index contributed by atoms with van der Waals surface area (Å²) < 4.78 is 5.21. The molecule has 0 radical (unpaired) electrons. The van der Waals surface area contributed by atoms with Crippen molar-refractivity contribution in [2.45, 2.75) is 18.9 Å². The molecule has 1 atom stereocenters. The van der Waals surface area contributed by atoms with Crippen LogP contribution in [0.25, 0.3) is 0 Å². The summed E-state index contributed by atoms with van der Waals surface area (Å²) in [5, 5.41) is 13.7. The number of nitrogens with one attached hydrogen (secondary N) is 1. The molecule has 1 aromatic carbocycles. The highest BCUT2D eigenvalue weighted by molar-refractivity contribution is 6.31. The van der Waals surface area contributed by atoms with Crippen molar-refractivity contribution in [2.75, 3.05) is 11.9 Å². The molecule has 1 aliphatic heterocycles. The van der Waals surface area contributed by atoms with Gasteiger partial charge in [0.25, 0.3) is 5.91 Å². The van der Waals surface area contributed by atoms with Gasteiger partial charge >= 0.3 is 0 Å².